The third-order valence-corrected chi connectivity index (χ3v) is 5.15. The van der Waals surface area contributed by atoms with Crippen molar-refractivity contribution in [2.45, 2.75) is 37.3 Å². The van der Waals surface area contributed by atoms with Gasteiger partial charge < -0.3 is 10.1 Å². The zero-order valence-electron chi connectivity index (χ0n) is 16.6. The minimum absolute atomic E-state index is 0.0202. The van der Waals surface area contributed by atoms with Crippen molar-refractivity contribution in [1.82, 2.24) is 5.32 Å². The molecule has 0 saturated carbocycles. The Morgan fingerprint density at radius 1 is 1.00 bits per heavy atom. The third-order valence-electron chi connectivity index (χ3n) is 5.15. The fourth-order valence-electron chi connectivity index (χ4n) is 3.45. The molecule has 4 nitrogen and oxygen atoms in total. The molecule has 1 fully saturated rings. The summed E-state index contributed by atoms with van der Waals surface area (Å²) in [7, 11) is 0. The molecule has 1 saturated heterocycles. The van der Waals surface area contributed by atoms with E-state index in [-0.39, 0.29) is 18.2 Å². The molecule has 1 aliphatic rings. The fraction of sp³-hybridized carbons (Fsp3) is 0.273. The van der Waals surface area contributed by atoms with Crippen LogP contribution in [0.25, 0.3) is 0 Å². The number of ketones is 1. The normalized spacial score (nSPS) is 20.1. The van der Waals surface area contributed by atoms with Crippen molar-refractivity contribution >= 4 is 11.7 Å². The minimum Gasteiger partial charge on any atom is -0.488 e. The van der Waals surface area contributed by atoms with Gasteiger partial charge in [0.15, 0.2) is 0 Å². The monoisotopic (exact) mass is 457 g/mol. The largest absolute Gasteiger partial charge is 0.488 e. The zero-order chi connectivity index (χ0) is 23.9. The van der Waals surface area contributed by atoms with Crippen LogP contribution in [0.2, 0.25) is 0 Å². The Kier molecular flexibility index (Phi) is 5.84. The fourth-order valence-corrected chi connectivity index (χ4v) is 3.45. The second-order valence-corrected chi connectivity index (χ2v) is 7.35. The Hall–Kier alpha value is -3.30. The van der Waals surface area contributed by atoms with E-state index in [4.69, 9.17) is 4.74 Å². The number of benzene rings is 2. The molecule has 170 valence electrons. The number of hydrogen-bond donors (Lipinski definition) is 1. The number of alkyl halides is 6. The molecule has 1 N–H and O–H groups in total. The van der Waals surface area contributed by atoms with Crippen LogP contribution in [0.5, 0.6) is 0 Å². The van der Waals surface area contributed by atoms with Crippen molar-refractivity contribution in [2.24, 2.45) is 0 Å². The summed E-state index contributed by atoms with van der Waals surface area (Å²) in [6.07, 6.45) is -11.7. The Morgan fingerprint density at radius 2 is 1.53 bits per heavy atom. The van der Waals surface area contributed by atoms with Crippen LogP contribution >= 0.6 is 0 Å². The van der Waals surface area contributed by atoms with Gasteiger partial charge in [-0.15, -0.1) is 0 Å². The predicted molar refractivity (Wildman–Crippen MR) is 101 cm³/mol. The number of Topliss-reactive ketones (excluding diaryl/α,β-unsaturated/α-hetero) is 1. The van der Waals surface area contributed by atoms with Gasteiger partial charge in [0.2, 0.25) is 5.78 Å². The molecule has 0 aromatic heterocycles. The first-order valence-electron chi connectivity index (χ1n) is 9.30. The van der Waals surface area contributed by atoms with E-state index in [0.717, 1.165) is 0 Å². The molecule has 0 spiro atoms. The summed E-state index contributed by atoms with van der Waals surface area (Å²) in [6, 6.07) is 9.25. The molecule has 0 unspecified atom stereocenters. The highest BCUT2D eigenvalue weighted by molar-refractivity contribution is 6.38. The second kappa shape index (κ2) is 7.99. The van der Waals surface area contributed by atoms with Gasteiger partial charge in [-0.25, -0.2) is 0 Å². The molecule has 32 heavy (non-hydrogen) atoms. The summed E-state index contributed by atoms with van der Waals surface area (Å²) < 4.78 is 84.6. The van der Waals surface area contributed by atoms with Crippen LogP contribution in [0, 0.1) is 0 Å². The van der Waals surface area contributed by atoms with Crippen LogP contribution in [-0.4, -0.2) is 11.7 Å². The van der Waals surface area contributed by atoms with E-state index in [9.17, 15) is 35.9 Å². The van der Waals surface area contributed by atoms with Crippen molar-refractivity contribution in [3.8, 4) is 0 Å². The molecule has 0 bridgehead atoms. The van der Waals surface area contributed by atoms with Gasteiger partial charge >= 0.3 is 12.4 Å². The summed E-state index contributed by atoms with van der Waals surface area (Å²) in [5, 5.41) is 2.49. The summed E-state index contributed by atoms with van der Waals surface area (Å²) in [5.74, 6) is -1.85. The lowest BCUT2D eigenvalue weighted by Gasteiger charge is -2.33. The molecule has 2 atom stereocenters. The van der Waals surface area contributed by atoms with Gasteiger partial charge in [-0.1, -0.05) is 36.9 Å². The Labute approximate surface area is 178 Å². The highest BCUT2D eigenvalue weighted by Gasteiger charge is 2.48. The van der Waals surface area contributed by atoms with Gasteiger partial charge in [-0.2, -0.15) is 26.3 Å². The van der Waals surface area contributed by atoms with E-state index in [1.807, 2.05) is 0 Å². The summed E-state index contributed by atoms with van der Waals surface area (Å²) >= 11 is 0. The Balaban J connectivity index is 1.98. The van der Waals surface area contributed by atoms with Crippen LogP contribution < -0.4 is 5.32 Å². The molecule has 1 aliphatic heterocycles. The highest BCUT2D eigenvalue weighted by Crippen LogP contribution is 2.41. The van der Waals surface area contributed by atoms with Crippen molar-refractivity contribution in [2.75, 3.05) is 0 Å². The highest BCUT2D eigenvalue weighted by atomic mass is 19.4. The van der Waals surface area contributed by atoms with E-state index in [0.29, 0.717) is 17.7 Å². The first kappa shape index (κ1) is 23.4. The van der Waals surface area contributed by atoms with Gasteiger partial charge in [0, 0.05) is 0 Å². The molecule has 0 radical (unpaired) electrons. The Bertz CT molecular complexity index is 1010. The quantitative estimate of drug-likeness (QED) is 0.377. The predicted octanol–water partition coefficient (Wildman–Crippen LogP) is 5.30. The molecular weight excluding hydrogens is 440 g/mol. The number of halogens is 6. The summed E-state index contributed by atoms with van der Waals surface area (Å²) in [5.41, 5.74) is -4.43. The van der Waals surface area contributed by atoms with Crippen LogP contribution in [0.3, 0.4) is 0 Å². The lowest BCUT2D eigenvalue weighted by molar-refractivity contribution is -0.143. The molecule has 10 heteroatoms. The first-order chi connectivity index (χ1) is 14.7. The molecule has 1 amide bonds. The Morgan fingerprint density at radius 3 is 1.97 bits per heavy atom. The van der Waals surface area contributed by atoms with Crippen LogP contribution in [-0.2, 0) is 32.2 Å². The molecular formula is C22H17F6NO3. The van der Waals surface area contributed by atoms with E-state index < -0.39 is 52.4 Å². The number of ether oxygens (including phenoxy) is 1. The number of carbonyl (C=O) groups excluding carboxylic acids is 2. The molecule has 2 aromatic rings. The smallest absolute Gasteiger partial charge is 0.416 e. The maximum Gasteiger partial charge on any atom is 0.416 e. The molecule has 1 heterocycles. The molecule has 2 aromatic carbocycles. The number of rotatable bonds is 5. The van der Waals surface area contributed by atoms with Gasteiger partial charge in [-0.05, 0) is 36.2 Å². The number of amides is 1. The van der Waals surface area contributed by atoms with E-state index in [1.54, 1.807) is 30.3 Å². The maximum atomic E-state index is 13.2. The zero-order valence-corrected chi connectivity index (χ0v) is 16.6. The average molecular weight is 457 g/mol. The second-order valence-electron chi connectivity index (χ2n) is 7.35. The van der Waals surface area contributed by atoms with Gasteiger partial charge in [0.25, 0.3) is 5.91 Å². The third kappa shape index (κ3) is 4.49. The number of carbonyl (C=O) groups is 2. The lowest BCUT2D eigenvalue weighted by Crippen LogP contribution is -2.41. The topological polar surface area (TPSA) is 55.4 Å². The number of nitrogens with one attached hydrogen (secondary N) is 1. The maximum absolute atomic E-state index is 13.2. The van der Waals surface area contributed by atoms with E-state index in [2.05, 4.69) is 11.9 Å². The minimum atomic E-state index is -5.01. The van der Waals surface area contributed by atoms with Crippen LogP contribution in [0.1, 0.15) is 41.7 Å². The van der Waals surface area contributed by atoms with Crippen molar-refractivity contribution < 1.29 is 40.7 Å². The van der Waals surface area contributed by atoms with Crippen LogP contribution in [0.15, 0.2) is 60.9 Å². The van der Waals surface area contributed by atoms with Gasteiger partial charge in [0.05, 0.1) is 17.5 Å². The van der Waals surface area contributed by atoms with Crippen molar-refractivity contribution in [3.63, 3.8) is 0 Å². The average Bonchev–Trinajstić information content (AvgIpc) is 3.02. The van der Waals surface area contributed by atoms with Crippen LogP contribution in [0.4, 0.5) is 26.3 Å². The first-order valence-corrected chi connectivity index (χ1v) is 9.30. The van der Waals surface area contributed by atoms with Gasteiger partial charge in [-0.3, -0.25) is 9.59 Å². The molecule has 3 rings (SSSR count). The lowest BCUT2D eigenvalue weighted by atomic mass is 9.86. The standard InChI is InChI=1S/C22H17F6NO3/c1-12(14-8-16(21(23,24)25)10-17(9-14)22(26,27)28)32-13(2)20(11-18(30)19(31)29-20)15-6-4-3-5-7-15/h3-10,12H,2,11H2,1H3,(H,29,31)/t12-,20-/m1/s1. The number of hydrogen-bond acceptors (Lipinski definition) is 3. The van der Waals surface area contributed by atoms with Crippen molar-refractivity contribution in [1.29, 1.82) is 0 Å². The summed E-state index contributed by atoms with van der Waals surface area (Å²) in [4.78, 5) is 23.9. The van der Waals surface area contributed by atoms with Gasteiger partial charge in [0.1, 0.15) is 17.4 Å². The van der Waals surface area contributed by atoms with E-state index in [1.165, 1.54) is 6.92 Å². The van der Waals surface area contributed by atoms with Crippen molar-refractivity contribution in [3.05, 3.63) is 83.1 Å². The van der Waals surface area contributed by atoms with E-state index >= 15 is 0 Å². The SMILES string of the molecule is C=C(O[C@H](C)c1cc(C(F)(F)F)cc(C(F)(F)F)c1)[C@@]1(c2ccccc2)CC(=O)C(=O)N1. The molecule has 0 aliphatic carbocycles. The summed E-state index contributed by atoms with van der Waals surface area (Å²) in [6.45, 7) is 4.98.